The number of rotatable bonds is 3. The summed E-state index contributed by atoms with van der Waals surface area (Å²) in [5, 5.41) is 8.66. The van der Waals surface area contributed by atoms with E-state index in [-0.39, 0.29) is 0 Å². The van der Waals surface area contributed by atoms with Crippen LogP contribution in [0.15, 0.2) is 10.6 Å². The van der Waals surface area contributed by atoms with Crippen molar-refractivity contribution in [2.45, 2.75) is 25.7 Å². The van der Waals surface area contributed by atoms with E-state index < -0.39 is 0 Å². The van der Waals surface area contributed by atoms with Crippen molar-refractivity contribution in [2.75, 3.05) is 0 Å². The predicted octanol–water partition coefficient (Wildman–Crippen LogP) is 1.83. The van der Waals surface area contributed by atoms with Crippen LogP contribution in [0.25, 0.3) is 0 Å². The summed E-state index contributed by atoms with van der Waals surface area (Å²) in [4.78, 5) is 4.20. The number of hydrogen-bond donors (Lipinski definition) is 0. The second-order valence-corrected chi connectivity index (χ2v) is 3.84. The van der Waals surface area contributed by atoms with Gasteiger partial charge in [0.25, 0.3) is 0 Å². The number of nitrogens with zero attached hydrogens (tertiary/aromatic N) is 4. The second-order valence-electron chi connectivity index (χ2n) is 3.28. The first-order valence-corrected chi connectivity index (χ1v) is 5.69. The molecule has 0 atom stereocenters. The van der Waals surface area contributed by atoms with Gasteiger partial charge in [0.2, 0.25) is 0 Å². The largest absolute Gasteiger partial charge is 0.444 e. The van der Waals surface area contributed by atoms with Crippen LogP contribution in [0.2, 0.25) is 0 Å². The molecule has 6 heteroatoms. The standard InChI is InChI=1S/C9H11BrN4O/c1-6-9(15-7(2)11-6)5-14-4-8(3-10)12-13-14/h4H,3,5H2,1-2H3. The Morgan fingerprint density at radius 2 is 2.27 bits per heavy atom. The van der Waals surface area contributed by atoms with E-state index in [9.17, 15) is 0 Å². The smallest absolute Gasteiger partial charge is 0.191 e. The van der Waals surface area contributed by atoms with E-state index in [1.54, 1.807) is 4.68 Å². The lowest BCUT2D eigenvalue weighted by atomic mass is 10.4. The highest BCUT2D eigenvalue weighted by molar-refractivity contribution is 9.08. The Hall–Kier alpha value is -1.17. The minimum absolute atomic E-state index is 0.576. The van der Waals surface area contributed by atoms with Crippen molar-refractivity contribution in [1.82, 2.24) is 20.0 Å². The van der Waals surface area contributed by atoms with Gasteiger partial charge in [0, 0.05) is 18.5 Å². The molecule has 0 saturated heterocycles. The molecule has 0 saturated carbocycles. The monoisotopic (exact) mass is 270 g/mol. The minimum Gasteiger partial charge on any atom is -0.444 e. The Morgan fingerprint density at radius 3 is 2.80 bits per heavy atom. The van der Waals surface area contributed by atoms with Crippen molar-refractivity contribution in [3.63, 3.8) is 0 Å². The van der Waals surface area contributed by atoms with Gasteiger partial charge in [-0.25, -0.2) is 9.67 Å². The number of halogens is 1. The Balaban J connectivity index is 2.17. The molecule has 0 aliphatic carbocycles. The van der Waals surface area contributed by atoms with Gasteiger partial charge >= 0.3 is 0 Å². The van der Waals surface area contributed by atoms with Crippen LogP contribution in [0, 0.1) is 13.8 Å². The van der Waals surface area contributed by atoms with E-state index in [1.807, 2.05) is 20.0 Å². The maximum atomic E-state index is 5.45. The molecule has 0 aromatic carbocycles. The van der Waals surface area contributed by atoms with Gasteiger partial charge in [0.05, 0.1) is 11.4 Å². The number of hydrogen-bond acceptors (Lipinski definition) is 4. The van der Waals surface area contributed by atoms with Crippen molar-refractivity contribution >= 4 is 15.9 Å². The van der Waals surface area contributed by atoms with Gasteiger partial charge in [0.1, 0.15) is 12.3 Å². The highest BCUT2D eigenvalue weighted by Crippen LogP contribution is 2.11. The van der Waals surface area contributed by atoms with Crippen LogP contribution < -0.4 is 0 Å². The van der Waals surface area contributed by atoms with Gasteiger partial charge in [-0.3, -0.25) is 0 Å². The molecule has 80 valence electrons. The van der Waals surface area contributed by atoms with Gasteiger partial charge < -0.3 is 4.42 Å². The molecular formula is C9H11BrN4O. The quantitative estimate of drug-likeness (QED) is 0.799. The molecule has 0 aliphatic rings. The normalized spacial score (nSPS) is 10.9. The Bertz CT molecular complexity index is 462. The fourth-order valence-corrected chi connectivity index (χ4v) is 1.60. The van der Waals surface area contributed by atoms with Crippen molar-refractivity contribution in [3.8, 4) is 0 Å². The first-order valence-electron chi connectivity index (χ1n) is 4.57. The van der Waals surface area contributed by atoms with Crippen molar-refractivity contribution in [3.05, 3.63) is 29.2 Å². The highest BCUT2D eigenvalue weighted by Gasteiger charge is 2.08. The van der Waals surface area contributed by atoms with Gasteiger partial charge in [-0.1, -0.05) is 21.1 Å². The number of aryl methyl sites for hydroxylation is 2. The summed E-state index contributed by atoms with van der Waals surface area (Å²) in [5.41, 5.74) is 1.81. The molecule has 0 spiro atoms. The van der Waals surface area contributed by atoms with E-state index in [4.69, 9.17) is 4.42 Å². The van der Waals surface area contributed by atoms with E-state index in [0.29, 0.717) is 17.8 Å². The first kappa shape index (κ1) is 10.4. The molecule has 0 N–H and O–H groups in total. The summed E-state index contributed by atoms with van der Waals surface area (Å²) < 4.78 is 7.19. The summed E-state index contributed by atoms with van der Waals surface area (Å²) >= 11 is 3.32. The zero-order valence-corrected chi connectivity index (χ0v) is 10.2. The molecule has 2 aromatic heterocycles. The Kier molecular flexibility index (Phi) is 2.86. The topological polar surface area (TPSA) is 56.7 Å². The molecule has 0 radical (unpaired) electrons. The van der Waals surface area contributed by atoms with Crippen LogP contribution in [-0.2, 0) is 11.9 Å². The zero-order valence-electron chi connectivity index (χ0n) is 8.57. The van der Waals surface area contributed by atoms with Crippen molar-refractivity contribution < 1.29 is 4.42 Å². The molecular weight excluding hydrogens is 260 g/mol. The van der Waals surface area contributed by atoms with E-state index in [1.165, 1.54) is 0 Å². The number of oxazole rings is 1. The van der Waals surface area contributed by atoms with Crippen LogP contribution >= 0.6 is 15.9 Å². The summed E-state index contributed by atoms with van der Waals surface area (Å²) in [7, 11) is 0. The zero-order chi connectivity index (χ0) is 10.8. The fraction of sp³-hybridized carbons (Fsp3) is 0.444. The minimum atomic E-state index is 0.576. The summed E-state index contributed by atoms with van der Waals surface area (Å²) in [5.74, 6) is 1.52. The molecule has 0 bridgehead atoms. The molecule has 0 fully saturated rings. The van der Waals surface area contributed by atoms with Crippen LogP contribution in [-0.4, -0.2) is 20.0 Å². The third-order valence-electron chi connectivity index (χ3n) is 2.03. The molecule has 2 rings (SSSR count). The Labute approximate surface area is 95.6 Å². The molecule has 15 heavy (non-hydrogen) atoms. The number of aromatic nitrogens is 4. The highest BCUT2D eigenvalue weighted by atomic mass is 79.9. The maximum Gasteiger partial charge on any atom is 0.191 e. The third-order valence-corrected chi connectivity index (χ3v) is 2.60. The summed E-state index contributed by atoms with van der Waals surface area (Å²) in [6, 6.07) is 0. The molecule has 0 aliphatic heterocycles. The van der Waals surface area contributed by atoms with Crippen molar-refractivity contribution in [1.29, 1.82) is 0 Å². The van der Waals surface area contributed by atoms with Crippen LogP contribution in [0.3, 0.4) is 0 Å². The van der Waals surface area contributed by atoms with Gasteiger partial charge in [-0.2, -0.15) is 0 Å². The second kappa shape index (κ2) is 4.14. The lowest BCUT2D eigenvalue weighted by Crippen LogP contribution is -2.00. The van der Waals surface area contributed by atoms with Crippen molar-refractivity contribution in [2.24, 2.45) is 0 Å². The first-order chi connectivity index (χ1) is 7.19. The molecule has 0 unspecified atom stereocenters. The van der Waals surface area contributed by atoms with Gasteiger partial charge in [-0.05, 0) is 6.92 Å². The lowest BCUT2D eigenvalue weighted by molar-refractivity contribution is 0.448. The van der Waals surface area contributed by atoms with E-state index >= 15 is 0 Å². The van der Waals surface area contributed by atoms with E-state index in [0.717, 1.165) is 17.1 Å². The maximum absolute atomic E-state index is 5.45. The molecule has 0 amide bonds. The average Bonchev–Trinajstić information content (AvgIpc) is 2.75. The molecule has 2 aromatic rings. The van der Waals surface area contributed by atoms with Crippen LogP contribution in [0.5, 0.6) is 0 Å². The summed E-state index contributed by atoms with van der Waals surface area (Å²) in [6.07, 6.45) is 1.88. The lowest BCUT2D eigenvalue weighted by Gasteiger charge is -1.96. The van der Waals surface area contributed by atoms with Crippen LogP contribution in [0.4, 0.5) is 0 Å². The summed E-state index contributed by atoms with van der Waals surface area (Å²) in [6.45, 7) is 4.34. The SMILES string of the molecule is Cc1nc(C)c(Cn2cc(CBr)nn2)o1. The van der Waals surface area contributed by atoms with E-state index in [2.05, 4.69) is 31.2 Å². The fourth-order valence-electron chi connectivity index (χ4n) is 1.34. The average molecular weight is 271 g/mol. The van der Waals surface area contributed by atoms with Crippen LogP contribution in [0.1, 0.15) is 23.0 Å². The number of alkyl halides is 1. The van der Waals surface area contributed by atoms with Gasteiger partial charge in [-0.15, -0.1) is 5.10 Å². The Morgan fingerprint density at radius 1 is 1.47 bits per heavy atom. The molecule has 2 heterocycles. The molecule has 5 nitrogen and oxygen atoms in total. The van der Waals surface area contributed by atoms with Gasteiger partial charge in [0.15, 0.2) is 5.89 Å². The third kappa shape index (κ3) is 2.26. The predicted molar refractivity (Wildman–Crippen MR) is 57.7 cm³/mol.